The molecule has 0 heterocycles. The number of hydrogen-bond acceptors (Lipinski definition) is 4. The molecule has 2 aromatic rings. The summed E-state index contributed by atoms with van der Waals surface area (Å²) in [6.45, 7) is 0.563. The molecule has 0 atom stereocenters. The minimum Gasteiger partial charge on any atom is -0.339 e. The van der Waals surface area contributed by atoms with E-state index >= 15 is 0 Å². The highest BCUT2D eigenvalue weighted by Gasteiger charge is 2.15. The van der Waals surface area contributed by atoms with Crippen molar-refractivity contribution < 1.29 is 0 Å². The molecular formula is C17H15N3S. The van der Waals surface area contributed by atoms with Gasteiger partial charge in [0.25, 0.3) is 0 Å². The van der Waals surface area contributed by atoms with E-state index in [4.69, 9.17) is 5.26 Å². The van der Waals surface area contributed by atoms with Crippen molar-refractivity contribution in [2.75, 3.05) is 17.7 Å². The van der Waals surface area contributed by atoms with Crippen LogP contribution < -0.4 is 4.90 Å². The highest BCUT2D eigenvalue weighted by molar-refractivity contribution is 7.98. The van der Waals surface area contributed by atoms with E-state index < -0.39 is 0 Å². The van der Waals surface area contributed by atoms with E-state index in [0.717, 1.165) is 16.3 Å². The van der Waals surface area contributed by atoms with E-state index in [9.17, 15) is 5.26 Å². The summed E-state index contributed by atoms with van der Waals surface area (Å²) in [6, 6.07) is 20.1. The molecule has 104 valence electrons. The van der Waals surface area contributed by atoms with Gasteiger partial charge in [0.05, 0.1) is 23.7 Å². The molecule has 4 heteroatoms. The SMILES string of the molecule is CSc1cccc(N(CCC#N)c2ccccc2)c1C#N. The van der Waals surface area contributed by atoms with E-state index in [1.54, 1.807) is 11.8 Å². The van der Waals surface area contributed by atoms with Crippen molar-refractivity contribution in [2.24, 2.45) is 0 Å². The number of hydrogen-bond donors (Lipinski definition) is 0. The Kier molecular flexibility index (Phi) is 5.26. The van der Waals surface area contributed by atoms with E-state index in [1.165, 1.54) is 0 Å². The topological polar surface area (TPSA) is 50.8 Å². The molecule has 3 nitrogen and oxygen atoms in total. The quantitative estimate of drug-likeness (QED) is 0.770. The summed E-state index contributed by atoms with van der Waals surface area (Å²) >= 11 is 1.56. The van der Waals surface area contributed by atoms with Crippen LogP contribution in [0.5, 0.6) is 0 Å². The summed E-state index contributed by atoms with van der Waals surface area (Å²) in [4.78, 5) is 2.98. The fourth-order valence-electron chi connectivity index (χ4n) is 2.19. The number of rotatable bonds is 5. The van der Waals surface area contributed by atoms with Crippen LogP contribution in [0.3, 0.4) is 0 Å². The van der Waals surface area contributed by atoms with Crippen LogP contribution in [0.2, 0.25) is 0 Å². The van der Waals surface area contributed by atoms with Crippen LogP contribution in [0.15, 0.2) is 53.4 Å². The summed E-state index contributed by atoms with van der Waals surface area (Å²) in [6.07, 6.45) is 2.37. The second-order valence-corrected chi connectivity index (χ2v) is 5.21. The van der Waals surface area contributed by atoms with Gasteiger partial charge in [-0.05, 0) is 30.5 Å². The van der Waals surface area contributed by atoms with E-state index in [1.807, 2.05) is 59.7 Å². The molecule has 2 rings (SSSR count). The minimum atomic E-state index is 0.406. The normalized spacial score (nSPS) is 9.67. The Morgan fingerprint density at radius 2 is 1.81 bits per heavy atom. The molecule has 0 aliphatic carbocycles. The molecule has 0 bridgehead atoms. The Morgan fingerprint density at radius 1 is 1.05 bits per heavy atom. The molecule has 0 N–H and O–H groups in total. The molecule has 0 saturated heterocycles. The number of nitrogens with zero attached hydrogens (tertiary/aromatic N) is 3. The van der Waals surface area contributed by atoms with Crippen LogP contribution in [-0.2, 0) is 0 Å². The van der Waals surface area contributed by atoms with Crippen molar-refractivity contribution in [3.05, 3.63) is 54.1 Å². The van der Waals surface area contributed by atoms with Crippen molar-refractivity contribution >= 4 is 23.1 Å². The Morgan fingerprint density at radius 3 is 2.43 bits per heavy atom. The Balaban J connectivity index is 2.52. The van der Waals surface area contributed by atoms with Gasteiger partial charge in [-0.15, -0.1) is 11.8 Å². The summed E-state index contributed by atoms with van der Waals surface area (Å²) < 4.78 is 0. The monoisotopic (exact) mass is 293 g/mol. The minimum absolute atomic E-state index is 0.406. The largest absolute Gasteiger partial charge is 0.339 e. The van der Waals surface area contributed by atoms with E-state index in [2.05, 4.69) is 12.1 Å². The van der Waals surface area contributed by atoms with Gasteiger partial charge in [-0.25, -0.2) is 0 Å². The van der Waals surface area contributed by atoms with Crippen LogP contribution in [0.1, 0.15) is 12.0 Å². The first kappa shape index (κ1) is 15.0. The Labute approximate surface area is 129 Å². The van der Waals surface area contributed by atoms with Gasteiger partial charge >= 0.3 is 0 Å². The average Bonchev–Trinajstić information content (AvgIpc) is 2.55. The van der Waals surface area contributed by atoms with E-state index in [0.29, 0.717) is 18.5 Å². The molecule has 0 amide bonds. The molecule has 2 aromatic carbocycles. The maximum Gasteiger partial charge on any atom is 0.103 e. The summed E-state index contributed by atoms with van der Waals surface area (Å²) in [5.74, 6) is 0. The van der Waals surface area contributed by atoms with Crippen molar-refractivity contribution in [1.82, 2.24) is 0 Å². The number of nitriles is 2. The van der Waals surface area contributed by atoms with Crippen molar-refractivity contribution in [2.45, 2.75) is 11.3 Å². The van der Waals surface area contributed by atoms with Gasteiger partial charge in [0.2, 0.25) is 0 Å². The first-order valence-electron chi connectivity index (χ1n) is 6.58. The maximum absolute atomic E-state index is 9.50. The summed E-state index contributed by atoms with van der Waals surface area (Å²) in [7, 11) is 0. The third-order valence-corrected chi connectivity index (χ3v) is 3.92. The predicted molar refractivity (Wildman–Crippen MR) is 86.6 cm³/mol. The molecule has 0 unspecified atom stereocenters. The van der Waals surface area contributed by atoms with Gasteiger partial charge in [0, 0.05) is 17.1 Å². The van der Waals surface area contributed by atoms with Crippen LogP contribution >= 0.6 is 11.8 Å². The summed E-state index contributed by atoms with van der Waals surface area (Å²) in [5, 5.41) is 18.4. The average molecular weight is 293 g/mol. The van der Waals surface area contributed by atoms with Gasteiger partial charge < -0.3 is 4.90 Å². The zero-order chi connectivity index (χ0) is 15.1. The van der Waals surface area contributed by atoms with Gasteiger partial charge in [0.1, 0.15) is 6.07 Å². The molecule has 0 radical (unpaired) electrons. The lowest BCUT2D eigenvalue weighted by atomic mass is 10.1. The van der Waals surface area contributed by atoms with Crippen LogP contribution in [-0.4, -0.2) is 12.8 Å². The molecule has 0 saturated carbocycles. The third-order valence-electron chi connectivity index (χ3n) is 3.14. The van der Waals surface area contributed by atoms with Gasteiger partial charge in [-0.1, -0.05) is 24.3 Å². The fourth-order valence-corrected chi connectivity index (χ4v) is 2.75. The molecule has 21 heavy (non-hydrogen) atoms. The maximum atomic E-state index is 9.50. The van der Waals surface area contributed by atoms with Gasteiger partial charge in [0.15, 0.2) is 0 Å². The second kappa shape index (κ2) is 7.38. The Hall–Kier alpha value is -2.43. The third kappa shape index (κ3) is 3.37. The van der Waals surface area contributed by atoms with Crippen LogP contribution in [0, 0.1) is 22.7 Å². The fraction of sp³-hybridized carbons (Fsp3) is 0.176. The predicted octanol–water partition coefficient (Wildman–Crippen LogP) is 4.33. The highest BCUT2D eigenvalue weighted by Crippen LogP contribution is 2.33. The van der Waals surface area contributed by atoms with Gasteiger partial charge in [-0.2, -0.15) is 10.5 Å². The molecule has 0 spiro atoms. The molecule has 0 aliphatic rings. The van der Waals surface area contributed by atoms with E-state index in [-0.39, 0.29) is 0 Å². The number of thioether (sulfide) groups is 1. The highest BCUT2D eigenvalue weighted by atomic mass is 32.2. The second-order valence-electron chi connectivity index (χ2n) is 4.36. The van der Waals surface area contributed by atoms with Crippen molar-refractivity contribution in [1.29, 1.82) is 10.5 Å². The standard InChI is InChI=1S/C17H15N3S/c1-21-17-10-5-9-16(15(17)13-19)20(12-6-11-18)14-7-3-2-4-8-14/h2-5,7-10H,6,12H2,1H3. The Bertz CT molecular complexity index is 683. The molecule has 0 aromatic heterocycles. The number of anilines is 2. The number of para-hydroxylation sites is 1. The molecular weight excluding hydrogens is 278 g/mol. The molecule has 0 aliphatic heterocycles. The lowest BCUT2D eigenvalue weighted by molar-refractivity contribution is 0.943. The zero-order valence-corrected chi connectivity index (χ0v) is 12.6. The first-order chi connectivity index (χ1) is 10.3. The first-order valence-corrected chi connectivity index (χ1v) is 7.81. The summed E-state index contributed by atoms with van der Waals surface area (Å²) in [5.41, 5.74) is 2.50. The lowest BCUT2D eigenvalue weighted by Crippen LogP contribution is -2.19. The van der Waals surface area contributed by atoms with Crippen LogP contribution in [0.4, 0.5) is 11.4 Å². The smallest absolute Gasteiger partial charge is 0.103 e. The van der Waals surface area contributed by atoms with Crippen molar-refractivity contribution in [3.63, 3.8) is 0 Å². The lowest BCUT2D eigenvalue weighted by Gasteiger charge is -2.25. The molecule has 0 fully saturated rings. The van der Waals surface area contributed by atoms with Crippen molar-refractivity contribution in [3.8, 4) is 12.1 Å². The number of benzene rings is 2. The van der Waals surface area contributed by atoms with Gasteiger partial charge in [-0.3, -0.25) is 0 Å². The zero-order valence-electron chi connectivity index (χ0n) is 11.8. The van der Waals surface area contributed by atoms with Crippen LogP contribution in [0.25, 0.3) is 0 Å².